The number of carbonyl (C=O) groups excluding carboxylic acids is 1. The summed E-state index contributed by atoms with van der Waals surface area (Å²) in [5.41, 5.74) is 2.61. The highest BCUT2D eigenvalue weighted by Gasteiger charge is 2.11. The van der Waals surface area contributed by atoms with Crippen LogP contribution in [0.3, 0.4) is 0 Å². The Labute approximate surface area is 154 Å². The van der Waals surface area contributed by atoms with E-state index in [2.05, 4.69) is 25.6 Å². The fraction of sp³-hybridized carbons (Fsp3) is 0.471. The predicted octanol–water partition coefficient (Wildman–Crippen LogP) is 1.02. The highest BCUT2D eigenvalue weighted by atomic mass is 35.5. The number of aromatic nitrogens is 3. The van der Waals surface area contributed by atoms with Crippen LogP contribution < -0.4 is 10.6 Å². The van der Waals surface area contributed by atoms with E-state index in [1.54, 1.807) is 11.0 Å². The fourth-order valence-electron chi connectivity index (χ4n) is 2.93. The normalized spacial score (nSPS) is 14.8. The van der Waals surface area contributed by atoms with Crippen molar-refractivity contribution in [3.05, 3.63) is 42.0 Å². The third-order valence-electron chi connectivity index (χ3n) is 4.27. The highest BCUT2D eigenvalue weighted by molar-refractivity contribution is 5.94. The molecule has 3 rings (SSSR count). The molecule has 136 valence electrons. The van der Waals surface area contributed by atoms with Crippen molar-refractivity contribution >= 4 is 18.3 Å². The van der Waals surface area contributed by atoms with Gasteiger partial charge in [-0.25, -0.2) is 9.67 Å². The molecule has 2 aromatic rings. The number of hydrogen-bond acceptors (Lipinski definition) is 5. The Hall–Kier alpha value is -1.96. The molecule has 2 N–H and O–H groups in total. The van der Waals surface area contributed by atoms with E-state index in [-0.39, 0.29) is 18.3 Å². The lowest BCUT2D eigenvalue weighted by Crippen LogP contribution is -2.44. The van der Waals surface area contributed by atoms with E-state index in [0.29, 0.717) is 12.1 Å². The molecule has 1 amide bonds. The van der Waals surface area contributed by atoms with Gasteiger partial charge in [0, 0.05) is 38.3 Å². The van der Waals surface area contributed by atoms with Gasteiger partial charge in [0.15, 0.2) is 0 Å². The van der Waals surface area contributed by atoms with Gasteiger partial charge in [0.1, 0.15) is 12.7 Å². The molecule has 1 fully saturated rings. The van der Waals surface area contributed by atoms with Gasteiger partial charge in [-0.2, -0.15) is 5.10 Å². The van der Waals surface area contributed by atoms with E-state index in [1.165, 1.54) is 6.33 Å². The molecule has 25 heavy (non-hydrogen) atoms. The third kappa shape index (κ3) is 5.26. The first-order valence-electron chi connectivity index (χ1n) is 8.41. The van der Waals surface area contributed by atoms with Gasteiger partial charge in [0.2, 0.25) is 0 Å². The second-order valence-electron chi connectivity index (χ2n) is 6.04. The van der Waals surface area contributed by atoms with Crippen molar-refractivity contribution in [2.75, 3.05) is 39.3 Å². The smallest absolute Gasteiger partial charge is 0.251 e. The van der Waals surface area contributed by atoms with Crippen LogP contribution in [0.5, 0.6) is 0 Å². The average molecular weight is 365 g/mol. The number of carbonyl (C=O) groups is 1. The summed E-state index contributed by atoms with van der Waals surface area (Å²) in [5, 5.41) is 10.5. The minimum Gasteiger partial charge on any atom is -0.352 e. The van der Waals surface area contributed by atoms with Crippen LogP contribution in [0.1, 0.15) is 22.3 Å². The number of nitrogens with one attached hydrogen (secondary N) is 2. The first-order chi connectivity index (χ1) is 11.7. The summed E-state index contributed by atoms with van der Waals surface area (Å²) >= 11 is 0. The maximum absolute atomic E-state index is 12.3. The molecular weight excluding hydrogens is 340 g/mol. The lowest BCUT2D eigenvalue weighted by atomic mass is 10.1. The number of aryl methyl sites for hydroxylation is 1. The zero-order valence-electron chi connectivity index (χ0n) is 14.4. The van der Waals surface area contributed by atoms with Gasteiger partial charge in [0.25, 0.3) is 5.91 Å². The van der Waals surface area contributed by atoms with Gasteiger partial charge in [-0.1, -0.05) is 0 Å². The summed E-state index contributed by atoms with van der Waals surface area (Å²) in [4.78, 5) is 18.7. The van der Waals surface area contributed by atoms with Crippen molar-refractivity contribution in [2.24, 2.45) is 0 Å². The number of amides is 1. The van der Waals surface area contributed by atoms with Crippen LogP contribution in [0.4, 0.5) is 0 Å². The first kappa shape index (κ1) is 19.4. The van der Waals surface area contributed by atoms with Crippen LogP contribution in [-0.4, -0.2) is 64.8 Å². The second kappa shape index (κ2) is 9.50. The van der Waals surface area contributed by atoms with Crippen molar-refractivity contribution in [1.29, 1.82) is 0 Å². The molecule has 7 nitrogen and oxygen atoms in total. The lowest BCUT2D eigenvalue weighted by Gasteiger charge is -2.27. The Morgan fingerprint density at radius 1 is 1.32 bits per heavy atom. The highest BCUT2D eigenvalue weighted by Crippen LogP contribution is 2.14. The van der Waals surface area contributed by atoms with Crippen molar-refractivity contribution in [2.45, 2.75) is 13.3 Å². The van der Waals surface area contributed by atoms with Crippen molar-refractivity contribution in [3.8, 4) is 5.69 Å². The lowest BCUT2D eigenvalue weighted by molar-refractivity contribution is 0.0951. The monoisotopic (exact) mass is 364 g/mol. The Bertz CT molecular complexity index is 670. The van der Waals surface area contributed by atoms with E-state index < -0.39 is 0 Å². The summed E-state index contributed by atoms with van der Waals surface area (Å²) in [5.74, 6) is -0.0245. The number of nitrogens with zero attached hydrogens (tertiary/aromatic N) is 4. The van der Waals surface area contributed by atoms with E-state index in [1.807, 2.05) is 25.1 Å². The molecular formula is C17H25ClN6O. The van der Waals surface area contributed by atoms with Crippen LogP contribution in [0.15, 0.2) is 30.9 Å². The van der Waals surface area contributed by atoms with Gasteiger partial charge >= 0.3 is 0 Å². The molecule has 0 unspecified atom stereocenters. The number of benzene rings is 1. The largest absolute Gasteiger partial charge is 0.352 e. The van der Waals surface area contributed by atoms with Gasteiger partial charge < -0.3 is 15.5 Å². The maximum Gasteiger partial charge on any atom is 0.251 e. The van der Waals surface area contributed by atoms with Crippen LogP contribution in [0.2, 0.25) is 0 Å². The maximum atomic E-state index is 12.3. The Kier molecular flexibility index (Phi) is 7.36. The van der Waals surface area contributed by atoms with Crippen LogP contribution in [0.25, 0.3) is 5.69 Å². The first-order valence-corrected chi connectivity index (χ1v) is 8.41. The molecule has 1 aliphatic heterocycles. The standard InChI is InChI=1S/C17H24N6O.ClH/c1-14-11-15(3-4-16(14)23-13-19-12-21-23)17(24)20-5-2-8-22-9-6-18-7-10-22;/h3-4,11-13,18H,2,5-10H2,1H3,(H,20,24);1H. The molecule has 0 atom stereocenters. The number of hydrogen-bond donors (Lipinski definition) is 2. The topological polar surface area (TPSA) is 75.1 Å². The zero-order valence-corrected chi connectivity index (χ0v) is 15.3. The zero-order chi connectivity index (χ0) is 16.8. The summed E-state index contributed by atoms with van der Waals surface area (Å²) in [6.45, 7) is 8.01. The predicted molar refractivity (Wildman–Crippen MR) is 99.6 cm³/mol. The van der Waals surface area contributed by atoms with Gasteiger partial charge in [-0.15, -0.1) is 12.4 Å². The Balaban J connectivity index is 0.00000225. The molecule has 0 saturated carbocycles. The quantitative estimate of drug-likeness (QED) is 0.749. The minimum atomic E-state index is -0.0245. The summed E-state index contributed by atoms with van der Waals surface area (Å²) < 4.78 is 1.70. The SMILES string of the molecule is Cc1cc(C(=O)NCCCN2CCNCC2)ccc1-n1cncn1.Cl. The average Bonchev–Trinajstić information content (AvgIpc) is 3.13. The summed E-state index contributed by atoms with van der Waals surface area (Å²) in [6, 6.07) is 5.62. The Morgan fingerprint density at radius 3 is 2.80 bits per heavy atom. The van der Waals surface area contributed by atoms with E-state index in [0.717, 1.165) is 50.4 Å². The molecule has 8 heteroatoms. The fourth-order valence-corrected chi connectivity index (χ4v) is 2.93. The molecule has 0 bridgehead atoms. The van der Waals surface area contributed by atoms with E-state index >= 15 is 0 Å². The van der Waals surface area contributed by atoms with Gasteiger partial charge in [0.05, 0.1) is 5.69 Å². The van der Waals surface area contributed by atoms with Crippen molar-refractivity contribution in [3.63, 3.8) is 0 Å². The Morgan fingerprint density at radius 2 is 2.12 bits per heavy atom. The van der Waals surface area contributed by atoms with Crippen LogP contribution in [-0.2, 0) is 0 Å². The van der Waals surface area contributed by atoms with Gasteiger partial charge in [-0.3, -0.25) is 4.79 Å². The summed E-state index contributed by atoms with van der Waals surface area (Å²) in [7, 11) is 0. The van der Waals surface area contributed by atoms with E-state index in [4.69, 9.17) is 0 Å². The molecule has 0 spiro atoms. The number of piperazine rings is 1. The van der Waals surface area contributed by atoms with Crippen LogP contribution in [0, 0.1) is 6.92 Å². The number of rotatable bonds is 6. The molecule has 1 aliphatic rings. The second-order valence-corrected chi connectivity index (χ2v) is 6.04. The molecule has 0 aliphatic carbocycles. The third-order valence-corrected chi connectivity index (χ3v) is 4.27. The molecule has 1 saturated heterocycles. The molecule has 1 aromatic heterocycles. The number of halogens is 1. The van der Waals surface area contributed by atoms with E-state index in [9.17, 15) is 4.79 Å². The molecule has 1 aromatic carbocycles. The minimum absolute atomic E-state index is 0. The molecule has 0 radical (unpaired) electrons. The summed E-state index contributed by atoms with van der Waals surface area (Å²) in [6.07, 6.45) is 4.12. The van der Waals surface area contributed by atoms with Crippen molar-refractivity contribution in [1.82, 2.24) is 30.3 Å². The van der Waals surface area contributed by atoms with Crippen molar-refractivity contribution < 1.29 is 4.79 Å². The van der Waals surface area contributed by atoms with Crippen LogP contribution >= 0.6 is 12.4 Å². The van der Waals surface area contributed by atoms with Gasteiger partial charge in [-0.05, 0) is 43.7 Å². The molecule has 2 heterocycles.